The number of hydrogen-bond donors (Lipinski definition) is 0. The predicted octanol–water partition coefficient (Wildman–Crippen LogP) is 11.1. The van der Waals surface area contributed by atoms with Crippen molar-refractivity contribution >= 4 is 0 Å². The monoisotopic (exact) mass is 707 g/mol. The van der Waals surface area contributed by atoms with Crippen molar-refractivity contribution in [2.45, 2.75) is 5.41 Å². The minimum Gasteiger partial charge on any atom is -0.457 e. The molecule has 11 rings (SSSR count). The Morgan fingerprint density at radius 1 is 0.345 bits per heavy atom. The molecule has 1 aliphatic carbocycles. The van der Waals surface area contributed by atoms with Gasteiger partial charge in [-0.15, -0.1) is 10.2 Å². The van der Waals surface area contributed by atoms with E-state index < -0.39 is 5.41 Å². The van der Waals surface area contributed by atoms with Gasteiger partial charge in [-0.3, -0.25) is 0 Å². The molecule has 0 amide bonds. The van der Waals surface area contributed by atoms with Crippen molar-refractivity contribution in [3.63, 3.8) is 0 Å². The van der Waals surface area contributed by atoms with Gasteiger partial charge in [0.1, 0.15) is 11.5 Å². The van der Waals surface area contributed by atoms with E-state index in [9.17, 15) is 0 Å². The first-order chi connectivity index (χ1) is 27.2. The number of hydrogen-bond acceptors (Lipinski definition) is 7. The van der Waals surface area contributed by atoms with Crippen LogP contribution in [0.2, 0.25) is 0 Å². The summed E-state index contributed by atoms with van der Waals surface area (Å²) < 4.78 is 12.9. The molecule has 258 valence electrons. The molecule has 0 saturated carbocycles. The highest BCUT2D eigenvalue weighted by Gasteiger charge is 2.51. The van der Waals surface area contributed by atoms with Crippen LogP contribution in [0.4, 0.5) is 0 Å². The highest BCUT2D eigenvalue weighted by atomic mass is 16.5. The average Bonchev–Trinajstić information content (AvgIpc) is 3.87. The summed E-state index contributed by atoms with van der Waals surface area (Å²) in [7, 11) is 0. The smallest absolute Gasteiger partial charge is 0.248 e. The minimum atomic E-state index is -0.698. The van der Waals surface area contributed by atoms with Crippen molar-refractivity contribution in [1.82, 2.24) is 25.1 Å². The van der Waals surface area contributed by atoms with E-state index in [0.717, 1.165) is 72.7 Å². The van der Waals surface area contributed by atoms with Crippen molar-refractivity contribution in [2.24, 2.45) is 0 Å². The van der Waals surface area contributed by atoms with Crippen LogP contribution in [0.1, 0.15) is 22.3 Å². The van der Waals surface area contributed by atoms with E-state index >= 15 is 0 Å². The summed E-state index contributed by atoms with van der Waals surface area (Å²) in [6.45, 7) is 0. The Morgan fingerprint density at radius 2 is 0.836 bits per heavy atom. The van der Waals surface area contributed by atoms with Crippen molar-refractivity contribution in [3.8, 4) is 79.7 Å². The SMILES string of the molecule is c1ccc(-c2nc(-c3ccccc3)nc(-c3ccc4c(c3)-c3ccc(-c5nnc(-c6ccccc6)o5)cc3C43c4ccccc4Oc4ccccc43)n2)cc1. The molecule has 2 aromatic heterocycles. The summed E-state index contributed by atoms with van der Waals surface area (Å²) in [6.07, 6.45) is 0. The fraction of sp³-hybridized carbons (Fsp3) is 0.0208. The molecule has 7 nitrogen and oxygen atoms in total. The van der Waals surface area contributed by atoms with Gasteiger partial charge < -0.3 is 9.15 Å². The molecular formula is C48H29N5O2. The number of para-hydroxylation sites is 2. The van der Waals surface area contributed by atoms with Gasteiger partial charge in [-0.1, -0.05) is 133 Å². The number of rotatable bonds is 5. The molecule has 2 aliphatic rings. The first-order valence-corrected chi connectivity index (χ1v) is 18.2. The fourth-order valence-corrected chi connectivity index (χ4v) is 8.15. The summed E-state index contributed by atoms with van der Waals surface area (Å²) in [5.74, 6) is 4.40. The maximum Gasteiger partial charge on any atom is 0.248 e. The zero-order valence-corrected chi connectivity index (χ0v) is 29.3. The standard InChI is InChI=1S/C48H29N5O2/c1-4-14-30(15-5-1)43-49-44(31-16-6-2-7-17-31)51-45(50-43)33-25-27-37-36(28-33)35-26-24-34(47-53-52-46(55-47)32-18-8-3-9-19-32)29-40(35)48(37)38-20-10-12-22-41(38)54-42-23-13-11-21-39(42)48/h1-29H. The Bertz CT molecular complexity index is 2810. The lowest BCUT2D eigenvalue weighted by molar-refractivity contribution is 0.436. The Morgan fingerprint density at radius 3 is 1.44 bits per heavy atom. The molecule has 9 aromatic rings. The van der Waals surface area contributed by atoms with Crippen molar-refractivity contribution < 1.29 is 9.15 Å². The molecular weight excluding hydrogens is 679 g/mol. The molecule has 0 N–H and O–H groups in total. The topological polar surface area (TPSA) is 86.8 Å². The molecule has 1 aliphatic heterocycles. The van der Waals surface area contributed by atoms with E-state index in [0.29, 0.717) is 29.3 Å². The summed E-state index contributed by atoms with van der Waals surface area (Å²) in [5, 5.41) is 8.94. The Kier molecular flexibility index (Phi) is 6.94. The third-order valence-corrected chi connectivity index (χ3v) is 10.6. The lowest BCUT2D eigenvalue weighted by Crippen LogP contribution is -2.32. The van der Waals surface area contributed by atoms with Gasteiger partial charge in [-0.2, -0.15) is 0 Å². The van der Waals surface area contributed by atoms with E-state index in [2.05, 4.69) is 70.9 Å². The second-order valence-electron chi connectivity index (χ2n) is 13.7. The maximum absolute atomic E-state index is 6.60. The number of fused-ring (bicyclic) bond motifs is 9. The number of nitrogens with zero attached hydrogens (tertiary/aromatic N) is 5. The van der Waals surface area contributed by atoms with E-state index in [1.807, 2.05) is 115 Å². The maximum atomic E-state index is 6.60. The van der Waals surface area contributed by atoms with E-state index in [-0.39, 0.29) is 0 Å². The minimum absolute atomic E-state index is 0.453. The first-order valence-electron chi connectivity index (χ1n) is 18.2. The highest BCUT2D eigenvalue weighted by molar-refractivity contribution is 5.91. The molecule has 0 bridgehead atoms. The summed E-state index contributed by atoms with van der Waals surface area (Å²) >= 11 is 0. The third kappa shape index (κ3) is 4.87. The number of ether oxygens (including phenoxy) is 1. The van der Waals surface area contributed by atoms with Gasteiger partial charge in [0, 0.05) is 38.9 Å². The van der Waals surface area contributed by atoms with Crippen LogP contribution >= 0.6 is 0 Å². The quantitative estimate of drug-likeness (QED) is 0.176. The molecule has 0 saturated heterocycles. The van der Waals surface area contributed by atoms with E-state index in [4.69, 9.17) is 24.1 Å². The molecule has 0 unspecified atom stereocenters. The zero-order valence-electron chi connectivity index (χ0n) is 29.3. The van der Waals surface area contributed by atoms with Gasteiger partial charge in [0.25, 0.3) is 0 Å². The van der Waals surface area contributed by atoms with Crippen LogP contribution in [0.25, 0.3) is 68.2 Å². The summed E-state index contributed by atoms with van der Waals surface area (Å²) in [6, 6.07) is 59.7. The van der Waals surface area contributed by atoms with Crippen molar-refractivity contribution in [3.05, 3.63) is 198 Å². The zero-order chi connectivity index (χ0) is 36.3. The van der Waals surface area contributed by atoms with E-state index in [1.165, 1.54) is 0 Å². The van der Waals surface area contributed by atoms with Crippen LogP contribution in [-0.2, 0) is 5.41 Å². The van der Waals surface area contributed by atoms with E-state index in [1.54, 1.807) is 0 Å². The highest BCUT2D eigenvalue weighted by Crippen LogP contribution is 2.62. The first kappa shape index (κ1) is 31.1. The van der Waals surface area contributed by atoms with Gasteiger partial charge in [-0.05, 0) is 64.7 Å². The molecule has 0 fully saturated rings. The van der Waals surface area contributed by atoms with Crippen LogP contribution in [0, 0.1) is 0 Å². The largest absolute Gasteiger partial charge is 0.457 e. The van der Waals surface area contributed by atoms with Crippen molar-refractivity contribution in [2.75, 3.05) is 0 Å². The summed E-state index contributed by atoms with van der Waals surface area (Å²) in [5.41, 5.74) is 10.3. The summed E-state index contributed by atoms with van der Waals surface area (Å²) in [4.78, 5) is 15.1. The van der Waals surface area contributed by atoms with Crippen LogP contribution < -0.4 is 4.74 Å². The molecule has 7 heteroatoms. The Balaban J connectivity index is 1.15. The van der Waals surface area contributed by atoms with Gasteiger partial charge in [0.05, 0.1) is 5.41 Å². The average molecular weight is 708 g/mol. The van der Waals surface area contributed by atoms with Gasteiger partial charge in [0.15, 0.2) is 17.5 Å². The molecule has 0 radical (unpaired) electrons. The molecule has 3 heterocycles. The lowest BCUT2D eigenvalue weighted by atomic mass is 9.66. The lowest BCUT2D eigenvalue weighted by Gasteiger charge is -2.39. The van der Waals surface area contributed by atoms with Gasteiger partial charge >= 0.3 is 0 Å². The number of benzene rings is 7. The normalized spacial score (nSPS) is 13.0. The second kappa shape index (κ2) is 12.3. The third-order valence-electron chi connectivity index (χ3n) is 10.6. The molecule has 1 spiro atoms. The number of aromatic nitrogens is 5. The molecule has 55 heavy (non-hydrogen) atoms. The van der Waals surface area contributed by atoms with Crippen LogP contribution in [-0.4, -0.2) is 25.1 Å². The predicted molar refractivity (Wildman–Crippen MR) is 212 cm³/mol. The van der Waals surface area contributed by atoms with Crippen LogP contribution in [0.15, 0.2) is 180 Å². The van der Waals surface area contributed by atoms with Gasteiger partial charge in [0.2, 0.25) is 11.8 Å². The second-order valence-corrected chi connectivity index (χ2v) is 13.7. The Labute approximate surface area is 316 Å². The van der Waals surface area contributed by atoms with Crippen LogP contribution in [0.5, 0.6) is 11.5 Å². The Hall–Kier alpha value is -7.51. The molecule has 0 atom stereocenters. The van der Waals surface area contributed by atoms with Crippen molar-refractivity contribution in [1.29, 1.82) is 0 Å². The van der Waals surface area contributed by atoms with Crippen LogP contribution in [0.3, 0.4) is 0 Å². The van der Waals surface area contributed by atoms with Gasteiger partial charge in [-0.25, -0.2) is 15.0 Å². The molecule has 7 aromatic carbocycles. The fourth-order valence-electron chi connectivity index (χ4n) is 8.15.